The van der Waals surface area contributed by atoms with Crippen LogP contribution in [0.2, 0.25) is 0 Å². The van der Waals surface area contributed by atoms with E-state index in [9.17, 15) is 0 Å². The average molecular weight is 252 g/mol. The summed E-state index contributed by atoms with van der Waals surface area (Å²) in [5, 5.41) is 8.99. The molecule has 0 saturated carbocycles. The third-order valence-electron chi connectivity index (χ3n) is 2.07. The predicted molar refractivity (Wildman–Crippen MR) is 67.4 cm³/mol. The maximum atomic E-state index is 8.99. The highest BCUT2D eigenvalue weighted by molar-refractivity contribution is 8.01. The van der Waals surface area contributed by atoms with Gasteiger partial charge in [0.1, 0.15) is 5.75 Å². The second-order valence-electron chi connectivity index (χ2n) is 3.13. The van der Waals surface area contributed by atoms with Crippen LogP contribution in [0.3, 0.4) is 0 Å². The Hall–Kier alpha value is -0.970. The van der Waals surface area contributed by atoms with Crippen molar-refractivity contribution in [3.63, 3.8) is 0 Å². The van der Waals surface area contributed by atoms with E-state index in [0.29, 0.717) is 0 Å². The monoisotopic (exact) mass is 252 g/mol. The lowest BCUT2D eigenvalue weighted by Gasteiger charge is -2.05. The zero-order valence-corrected chi connectivity index (χ0v) is 10.5. The van der Waals surface area contributed by atoms with E-state index < -0.39 is 0 Å². The molecule has 2 nitrogen and oxygen atoms in total. The summed E-state index contributed by atoms with van der Waals surface area (Å²) in [5.41, 5.74) is 0. The van der Waals surface area contributed by atoms with Crippen LogP contribution in [0.4, 0.5) is 0 Å². The molecule has 0 aliphatic heterocycles. The standard InChI is InChI=1S/C12H12O2S2/c1-14-10-4-2-3-5-11(10)16-12-7-6-9(8-13)15-12/h2-7,13H,8H2,1H3. The van der Waals surface area contributed by atoms with Gasteiger partial charge in [-0.1, -0.05) is 23.9 Å². The van der Waals surface area contributed by atoms with Crippen molar-refractivity contribution >= 4 is 23.1 Å². The Morgan fingerprint density at radius 1 is 1.25 bits per heavy atom. The molecule has 0 spiro atoms. The number of hydrogen-bond donors (Lipinski definition) is 1. The van der Waals surface area contributed by atoms with Crippen LogP contribution in [0.5, 0.6) is 5.75 Å². The molecule has 84 valence electrons. The highest BCUT2D eigenvalue weighted by Gasteiger charge is 2.06. The number of aliphatic hydroxyl groups excluding tert-OH is 1. The van der Waals surface area contributed by atoms with Gasteiger partial charge < -0.3 is 9.84 Å². The summed E-state index contributed by atoms with van der Waals surface area (Å²) in [7, 11) is 1.67. The predicted octanol–water partition coefficient (Wildman–Crippen LogP) is 3.40. The van der Waals surface area contributed by atoms with E-state index >= 15 is 0 Å². The lowest BCUT2D eigenvalue weighted by atomic mass is 10.3. The maximum Gasteiger partial charge on any atom is 0.132 e. The molecule has 2 aromatic rings. The fourth-order valence-corrected chi connectivity index (χ4v) is 3.41. The van der Waals surface area contributed by atoms with Crippen molar-refractivity contribution in [2.45, 2.75) is 15.7 Å². The minimum Gasteiger partial charge on any atom is -0.496 e. The van der Waals surface area contributed by atoms with Gasteiger partial charge in [-0.05, 0) is 24.3 Å². The summed E-state index contributed by atoms with van der Waals surface area (Å²) < 4.78 is 6.45. The maximum absolute atomic E-state index is 8.99. The molecule has 0 radical (unpaired) electrons. The van der Waals surface area contributed by atoms with Gasteiger partial charge in [-0.3, -0.25) is 0 Å². The Bertz CT molecular complexity index is 466. The van der Waals surface area contributed by atoms with Gasteiger partial charge in [0.05, 0.1) is 22.8 Å². The molecule has 4 heteroatoms. The summed E-state index contributed by atoms with van der Waals surface area (Å²) in [5.74, 6) is 0.881. The first-order chi connectivity index (χ1) is 7.83. The van der Waals surface area contributed by atoms with E-state index in [1.807, 2.05) is 36.4 Å². The second-order valence-corrected chi connectivity index (χ2v) is 5.64. The van der Waals surface area contributed by atoms with Crippen LogP contribution >= 0.6 is 23.1 Å². The molecule has 1 N–H and O–H groups in total. The third-order valence-corrected chi connectivity index (χ3v) is 4.33. The van der Waals surface area contributed by atoms with E-state index in [1.54, 1.807) is 30.2 Å². The first kappa shape index (κ1) is 11.5. The molecular weight excluding hydrogens is 240 g/mol. The van der Waals surface area contributed by atoms with Gasteiger partial charge in [0.25, 0.3) is 0 Å². The Kier molecular flexibility index (Phi) is 3.88. The highest BCUT2D eigenvalue weighted by Crippen LogP contribution is 2.38. The van der Waals surface area contributed by atoms with E-state index in [0.717, 1.165) is 19.7 Å². The molecule has 2 rings (SSSR count). The van der Waals surface area contributed by atoms with Gasteiger partial charge in [-0.15, -0.1) is 11.3 Å². The van der Waals surface area contributed by atoms with Crippen LogP contribution in [0.25, 0.3) is 0 Å². The topological polar surface area (TPSA) is 29.5 Å². The van der Waals surface area contributed by atoms with Crippen molar-refractivity contribution in [3.05, 3.63) is 41.3 Å². The molecule has 0 aliphatic rings. The number of ether oxygens (including phenoxy) is 1. The van der Waals surface area contributed by atoms with Gasteiger partial charge in [-0.2, -0.15) is 0 Å². The number of rotatable bonds is 4. The Morgan fingerprint density at radius 3 is 2.75 bits per heavy atom. The normalized spacial score (nSPS) is 10.4. The van der Waals surface area contributed by atoms with Crippen LogP contribution in [-0.4, -0.2) is 12.2 Å². The molecule has 0 unspecified atom stereocenters. The van der Waals surface area contributed by atoms with Crippen molar-refractivity contribution < 1.29 is 9.84 Å². The van der Waals surface area contributed by atoms with Crippen LogP contribution in [0, 0.1) is 0 Å². The Morgan fingerprint density at radius 2 is 2.06 bits per heavy atom. The minimum atomic E-state index is 0.108. The number of para-hydroxylation sites is 1. The smallest absolute Gasteiger partial charge is 0.132 e. The molecule has 1 aromatic carbocycles. The largest absolute Gasteiger partial charge is 0.496 e. The summed E-state index contributed by atoms with van der Waals surface area (Å²) >= 11 is 3.26. The lowest BCUT2D eigenvalue weighted by Crippen LogP contribution is -1.84. The van der Waals surface area contributed by atoms with Crippen molar-refractivity contribution in [2.24, 2.45) is 0 Å². The van der Waals surface area contributed by atoms with Crippen LogP contribution in [0.1, 0.15) is 4.88 Å². The van der Waals surface area contributed by atoms with Crippen molar-refractivity contribution in [3.8, 4) is 5.75 Å². The zero-order chi connectivity index (χ0) is 11.4. The molecule has 0 bridgehead atoms. The van der Waals surface area contributed by atoms with Crippen LogP contribution < -0.4 is 4.74 Å². The number of aliphatic hydroxyl groups is 1. The third kappa shape index (κ3) is 2.58. The Labute approximate surface area is 103 Å². The van der Waals surface area contributed by atoms with Gasteiger partial charge in [-0.25, -0.2) is 0 Å². The SMILES string of the molecule is COc1ccccc1Sc1ccc(CO)s1. The number of benzene rings is 1. The number of thiophene rings is 1. The van der Waals surface area contributed by atoms with Crippen molar-refractivity contribution in [1.29, 1.82) is 0 Å². The van der Waals surface area contributed by atoms with E-state index in [4.69, 9.17) is 9.84 Å². The summed E-state index contributed by atoms with van der Waals surface area (Å²) in [4.78, 5) is 2.08. The lowest BCUT2D eigenvalue weighted by molar-refractivity contribution is 0.285. The summed E-state index contributed by atoms with van der Waals surface area (Å²) in [6.45, 7) is 0.108. The summed E-state index contributed by atoms with van der Waals surface area (Å²) in [6.07, 6.45) is 0. The van der Waals surface area contributed by atoms with E-state index in [-0.39, 0.29) is 6.61 Å². The van der Waals surface area contributed by atoms with Crippen LogP contribution in [-0.2, 0) is 6.61 Å². The molecule has 0 atom stereocenters. The fraction of sp³-hybridized carbons (Fsp3) is 0.167. The molecule has 0 amide bonds. The molecule has 0 fully saturated rings. The van der Waals surface area contributed by atoms with Gasteiger partial charge in [0.2, 0.25) is 0 Å². The molecule has 0 aliphatic carbocycles. The fourth-order valence-electron chi connectivity index (χ4n) is 1.31. The van der Waals surface area contributed by atoms with Gasteiger partial charge in [0.15, 0.2) is 0 Å². The molecule has 16 heavy (non-hydrogen) atoms. The van der Waals surface area contributed by atoms with Crippen molar-refractivity contribution in [2.75, 3.05) is 7.11 Å². The molecule has 1 heterocycles. The molecule has 1 aromatic heterocycles. The summed E-state index contributed by atoms with van der Waals surface area (Å²) in [6, 6.07) is 11.9. The number of hydrogen-bond acceptors (Lipinski definition) is 4. The van der Waals surface area contributed by atoms with Gasteiger partial charge >= 0.3 is 0 Å². The second kappa shape index (κ2) is 5.39. The minimum absolute atomic E-state index is 0.108. The number of methoxy groups -OCH3 is 1. The quantitative estimate of drug-likeness (QED) is 0.904. The average Bonchev–Trinajstić information content (AvgIpc) is 2.77. The zero-order valence-electron chi connectivity index (χ0n) is 8.84. The first-order valence-corrected chi connectivity index (χ1v) is 6.47. The molecular formula is C12H12O2S2. The highest BCUT2D eigenvalue weighted by atomic mass is 32.2. The van der Waals surface area contributed by atoms with Crippen molar-refractivity contribution in [1.82, 2.24) is 0 Å². The van der Waals surface area contributed by atoms with E-state index in [2.05, 4.69) is 0 Å². The van der Waals surface area contributed by atoms with Gasteiger partial charge in [0, 0.05) is 4.88 Å². The Balaban J connectivity index is 2.19. The van der Waals surface area contributed by atoms with Crippen LogP contribution in [0.15, 0.2) is 45.5 Å². The first-order valence-electron chi connectivity index (χ1n) is 4.84. The molecule has 0 saturated heterocycles. The van der Waals surface area contributed by atoms with E-state index in [1.165, 1.54) is 0 Å².